The van der Waals surface area contributed by atoms with E-state index in [1.165, 1.54) is 9.36 Å². The topological polar surface area (TPSA) is 82.1 Å². The van der Waals surface area contributed by atoms with Crippen molar-refractivity contribution in [2.24, 2.45) is 7.05 Å². The van der Waals surface area contributed by atoms with Crippen molar-refractivity contribution in [3.05, 3.63) is 46.4 Å². The second-order valence-corrected chi connectivity index (χ2v) is 6.25. The normalized spacial score (nSPS) is 15.8. The molecule has 0 bridgehead atoms. The van der Waals surface area contributed by atoms with Crippen LogP contribution in [-0.2, 0) is 18.3 Å². The molecule has 1 amide bonds. The van der Waals surface area contributed by atoms with Gasteiger partial charge in [-0.05, 0) is 25.0 Å². The summed E-state index contributed by atoms with van der Waals surface area (Å²) in [5, 5.41) is 2.03. The molecule has 1 aliphatic rings. The molecular weight excluding hydrogens is 337 g/mol. The van der Waals surface area contributed by atoms with Gasteiger partial charge in [-0.25, -0.2) is 4.68 Å². The molecule has 9 heteroatoms. The predicted octanol–water partition coefficient (Wildman–Crippen LogP) is 1.51. The number of alkyl halides is 3. The van der Waals surface area contributed by atoms with Gasteiger partial charge in [0.25, 0.3) is 5.56 Å². The fraction of sp³-hybridized carbons (Fsp3) is 0.375. The Morgan fingerprint density at radius 2 is 1.88 bits per heavy atom. The molecule has 1 heterocycles. The van der Waals surface area contributed by atoms with Crippen LogP contribution in [0.5, 0.6) is 0 Å². The lowest BCUT2D eigenvalue weighted by atomic mass is 10.1. The molecule has 25 heavy (non-hydrogen) atoms. The Bertz CT molecular complexity index is 864. The van der Waals surface area contributed by atoms with E-state index in [9.17, 15) is 22.8 Å². The second-order valence-electron chi connectivity index (χ2n) is 6.25. The van der Waals surface area contributed by atoms with Gasteiger partial charge in [-0.2, -0.15) is 13.2 Å². The monoisotopic (exact) mass is 354 g/mol. The number of amides is 1. The minimum absolute atomic E-state index is 0.0288. The van der Waals surface area contributed by atoms with Crippen LogP contribution >= 0.6 is 0 Å². The van der Waals surface area contributed by atoms with E-state index >= 15 is 0 Å². The molecule has 0 saturated heterocycles. The van der Waals surface area contributed by atoms with Gasteiger partial charge >= 0.3 is 12.1 Å². The summed E-state index contributed by atoms with van der Waals surface area (Å²) in [7, 11) is 1.61. The van der Waals surface area contributed by atoms with Gasteiger partial charge in [0.15, 0.2) is 0 Å². The van der Waals surface area contributed by atoms with E-state index in [1.54, 1.807) is 37.4 Å². The molecule has 134 valence electrons. The Labute approximate surface area is 141 Å². The van der Waals surface area contributed by atoms with Crippen LogP contribution < -0.4 is 16.6 Å². The summed E-state index contributed by atoms with van der Waals surface area (Å²) in [6.07, 6.45) is -4.08. The Hall–Kier alpha value is -2.71. The molecule has 1 aromatic heterocycles. The summed E-state index contributed by atoms with van der Waals surface area (Å²) in [6, 6.07) is 8.77. The number of carbonyl (C=O) groups is 1. The zero-order chi connectivity index (χ0) is 18.4. The van der Waals surface area contributed by atoms with Crippen molar-refractivity contribution >= 4 is 11.6 Å². The SMILES string of the molecule is Cn1c(CC2(NC(=O)C(F)(F)F)CC2)c(N)c(=O)n1-c1ccccc1. The molecule has 0 unspecified atom stereocenters. The van der Waals surface area contributed by atoms with Crippen molar-refractivity contribution in [3.8, 4) is 5.69 Å². The van der Waals surface area contributed by atoms with Crippen LogP contribution in [0.2, 0.25) is 0 Å². The lowest BCUT2D eigenvalue weighted by Crippen LogP contribution is -2.46. The summed E-state index contributed by atoms with van der Waals surface area (Å²) >= 11 is 0. The van der Waals surface area contributed by atoms with Crippen LogP contribution in [0.3, 0.4) is 0 Å². The van der Waals surface area contributed by atoms with Gasteiger partial charge < -0.3 is 11.1 Å². The van der Waals surface area contributed by atoms with Crippen molar-refractivity contribution in [2.75, 3.05) is 5.73 Å². The van der Waals surface area contributed by atoms with Crippen molar-refractivity contribution in [1.82, 2.24) is 14.7 Å². The van der Waals surface area contributed by atoms with Crippen LogP contribution in [0.25, 0.3) is 5.69 Å². The minimum atomic E-state index is -4.94. The van der Waals surface area contributed by atoms with Gasteiger partial charge in [-0.15, -0.1) is 0 Å². The highest BCUT2D eigenvalue weighted by molar-refractivity contribution is 5.82. The Morgan fingerprint density at radius 1 is 1.28 bits per heavy atom. The van der Waals surface area contributed by atoms with Crippen LogP contribution in [0.1, 0.15) is 18.5 Å². The second kappa shape index (κ2) is 5.68. The number of benzene rings is 1. The number of anilines is 1. The Morgan fingerprint density at radius 3 is 2.40 bits per heavy atom. The van der Waals surface area contributed by atoms with Crippen LogP contribution in [0, 0.1) is 0 Å². The Balaban J connectivity index is 1.92. The first kappa shape index (κ1) is 17.1. The molecule has 6 nitrogen and oxygen atoms in total. The maximum absolute atomic E-state index is 12.5. The predicted molar refractivity (Wildman–Crippen MR) is 85.3 cm³/mol. The van der Waals surface area contributed by atoms with Gasteiger partial charge in [0.1, 0.15) is 5.69 Å². The van der Waals surface area contributed by atoms with Gasteiger partial charge in [0, 0.05) is 19.0 Å². The lowest BCUT2D eigenvalue weighted by Gasteiger charge is -2.19. The van der Waals surface area contributed by atoms with Crippen molar-refractivity contribution in [1.29, 1.82) is 0 Å². The van der Waals surface area contributed by atoms with E-state index in [0.29, 0.717) is 24.2 Å². The number of nitrogens with two attached hydrogens (primary N) is 1. The smallest absolute Gasteiger partial charge is 0.393 e. The fourth-order valence-electron chi connectivity index (χ4n) is 2.87. The molecule has 0 spiro atoms. The van der Waals surface area contributed by atoms with E-state index in [4.69, 9.17) is 5.73 Å². The minimum Gasteiger partial charge on any atom is -0.393 e. The van der Waals surface area contributed by atoms with Gasteiger partial charge in [-0.1, -0.05) is 18.2 Å². The van der Waals surface area contributed by atoms with E-state index in [2.05, 4.69) is 0 Å². The van der Waals surface area contributed by atoms with Crippen molar-refractivity contribution in [2.45, 2.75) is 31.0 Å². The van der Waals surface area contributed by atoms with Crippen molar-refractivity contribution < 1.29 is 18.0 Å². The summed E-state index contributed by atoms with van der Waals surface area (Å²) in [5.41, 5.74) is 5.42. The van der Waals surface area contributed by atoms with E-state index in [1.807, 2.05) is 5.32 Å². The number of nitrogens with zero attached hydrogens (tertiary/aromatic N) is 2. The first-order valence-corrected chi connectivity index (χ1v) is 7.66. The average molecular weight is 354 g/mol. The van der Waals surface area contributed by atoms with Crippen LogP contribution in [0.4, 0.5) is 18.9 Å². The quantitative estimate of drug-likeness (QED) is 0.873. The molecule has 0 aliphatic heterocycles. The number of halogens is 3. The fourth-order valence-corrected chi connectivity index (χ4v) is 2.87. The number of nitrogens with one attached hydrogen (secondary N) is 1. The molecule has 0 radical (unpaired) electrons. The highest BCUT2D eigenvalue weighted by Crippen LogP contribution is 2.40. The molecule has 0 atom stereocenters. The zero-order valence-corrected chi connectivity index (χ0v) is 13.4. The number of nitrogen functional groups attached to an aromatic ring is 1. The van der Waals surface area contributed by atoms with Crippen LogP contribution in [0.15, 0.2) is 35.1 Å². The van der Waals surface area contributed by atoms with E-state index in [0.717, 1.165) is 0 Å². The van der Waals surface area contributed by atoms with Gasteiger partial charge in [0.05, 0.1) is 11.4 Å². The molecule has 2 aromatic rings. The maximum atomic E-state index is 12.5. The van der Waals surface area contributed by atoms with Crippen LogP contribution in [-0.4, -0.2) is 27.0 Å². The summed E-state index contributed by atoms with van der Waals surface area (Å²) < 4.78 is 40.4. The van der Waals surface area contributed by atoms with E-state index < -0.39 is 23.2 Å². The summed E-state index contributed by atoms with van der Waals surface area (Å²) in [5.74, 6) is -1.98. The zero-order valence-electron chi connectivity index (χ0n) is 13.4. The molecule has 3 N–H and O–H groups in total. The third-order valence-corrected chi connectivity index (χ3v) is 4.42. The summed E-state index contributed by atoms with van der Waals surface area (Å²) in [6.45, 7) is 0. The maximum Gasteiger partial charge on any atom is 0.471 e. The van der Waals surface area contributed by atoms with Gasteiger partial charge in [0.2, 0.25) is 0 Å². The average Bonchev–Trinajstić information content (AvgIpc) is 3.27. The van der Waals surface area contributed by atoms with Gasteiger partial charge in [-0.3, -0.25) is 14.3 Å². The molecule has 3 rings (SSSR count). The standard InChI is InChI=1S/C16H17F3N4O2/c1-22-11(9-15(7-8-15)21-14(25)16(17,18)19)12(20)13(24)23(22)10-5-3-2-4-6-10/h2-6H,7-9,20H2,1H3,(H,21,25). The van der Waals surface area contributed by atoms with Crippen molar-refractivity contribution in [3.63, 3.8) is 0 Å². The molecule has 1 aliphatic carbocycles. The number of rotatable bonds is 4. The number of hydrogen-bond donors (Lipinski definition) is 2. The highest BCUT2D eigenvalue weighted by atomic mass is 19.4. The highest BCUT2D eigenvalue weighted by Gasteiger charge is 2.50. The molecule has 1 saturated carbocycles. The number of hydrogen-bond acceptors (Lipinski definition) is 3. The van der Waals surface area contributed by atoms with E-state index in [-0.39, 0.29) is 12.1 Å². The summed E-state index contributed by atoms with van der Waals surface area (Å²) in [4.78, 5) is 23.7. The first-order valence-electron chi connectivity index (χ1n) is 7.66. The molecule has 1 aromatic carbocycles. The number of aromatic nitrogens is 2. The number of para-hydroxylation sites is 1. The first-order chi connectivity index (χ1) is 11.6. The molecular formula is C16H17F3N4O2. The lowest BCUT2D eigenvalue weighted by molar-refractivity contribution is -0.174. The molecule has 1 fully saturated rings. The third-order valence-electron chi connectivity index (χ3n) is 4.42. The third kappa shape index (κ3) is 3.13. The number of carbonyl (C=O) groups excluding carboxylic acids is 1. The largest absolute Gasteiger partial charge is 0.471 e. The Kier molecular flexibility index (Phi) is 3.89.